The van der Waals surface area contributed by atoms with Crippen LogP contribution >= 0.6 is 0 Å². The van der Waals surface area contributed by atoms with E-state index in [2.05, 4.69) is 15.5 Å². The second-order valence-electron chi connectivity index (χ2n) is 5.60. The Kier molecular flexibility index (Phi) is 6.64. The van der Waals surface area contributed by atoms with E-state index in [1.54, 1.807) is 4.90 Å². The largest absolute Gasteiger partial charge is 0.387 e. The third-order valence-electron chi connectivity index (χ3n) is 3.77. The van der Waals surface area contributed by atoms with Crippen molar-refractivity contribution in [3.8, 4) is 0 Å². The highest BCUT2D eigenvalue weighted by Gasteiger charge is 2.33. The second-order valence-corrected chi connectivity index (χ2v) is 5.60. The standard InChI is InChI=1S/C14H23N5O5/c1-18-5-6-19(13(21)9-23-2)10(7-18)14(22)15-4-3-11-16-12(8-20)24-17-11/h10,20H,3-9H2,1-2H3,(H,15,22)/t10-/m0/s1. The molecule has 0 saturated carbocycles. The predicted octanol–water partition coefficient (Wildman–Crippen LogP) is -1.99. The first kappa shape index (κ1) is 18.3. The van der Waals surface area contributed by atoms with Crippen molar-refractivity contribution in [2.24, 2.45) is 0 Å². The predicted molar refractivity (Wildman–Crippen MR) is 81.8 cm³/mol. The van der Waals surface area contributed by atoms with E-state index in [4.69, 9.17) is 14.4 Å². The van der Waals surface area contributed by atoms with Gasteiger partial charge < -0.3 is 29.5 Å². The van der Waals surface area contributed by atoms with Gasteiger partial charge in [0.1, 0.15) is 19.3 Å². The van der Waals surface area contributed by atoms with E-state index in [9.17, 15) is 9.59 Å². The normalized spacial score (nSPS) is 18.6. The number of ether oxygens (including phenoxy) is 1. The van der Waals surface area contributed by atoms with Crippen LogP contribution in [0.1, 0.15) is 11.7 Å². The van der Waals surface area contributed by atoms with Crippen LogP contribution in [0.3, 0.4) is 0 Å². The molecule has 1 aliphatic heterocycles. The Morgan fingerprint density at radius 3 is 2.92 bits per heavy atom. The Labute approximate surface area is 139 Å². The first-order valence-electron chi connectivity index (χ1n) is 7.72. The number of aromatic nitrogens is 2. The summed E-state index contributed by atoms with van der Waals surface area (Å²) in [5.41, 5.74) is 0. The molecule has 10 heteroatoms. The van der Waals surface area contributed by atoms with Crippen LogP contribution in [-0.2, 0) is 27.4 Å². The van der Waals surface area contributed by atoms with Crippen LogP contribution in [0, 0.1) is 0 Å². The maximum Gasteiger partial charge on any atom is 0.252 e. The van der Waals surface area contributed by atoms with Gasteiger partial charge in [0.2, 0.25) is 11.8 Å². The van der Waals surface area contributed by atoms with Crippen molar-refractivity contribution in [2.45, 2.75) is 19.1 Å². The lowest BCUT2D eigenvalue weighted by Crippen LogP contribution is -2.60. The quantitative estimate of drug-likeness (QED) is 0.585. The lowest BCUT2D eigenvalue weighted by molar-refractivity contribution is -0.146. The fraction of sp³-hybridized carbons (Fsp3) is 0.714. The maximum atomic E-state index is 12.4. The Morgan fingerprint density at radius 1 is 1.46 bits per heavy atom. The van der Waals surface area contributed by atoms with Crippen LogP contribution < -0.4 is 5.32 Å². The summed E-state index contributed by atoms with van der Waals surface area (Å²) < 4.78 is 9.66. The van der Waals surface area contributed by atoms with Gasteiger partial charge in [-0.1, -0.05) is 5.16 Å². The molecule has 24 heavy (non-hydrogen) atoms. The molecule has 134 valence electrons. The van der Waals surface area contributed by atoms with E-state index < -0.39 is 6.04 Å². The van der Waals surface area contributed by atoms with Gasteiger partial charge in [-0.15, -0.1) is 0 Å². The van der Waals surface area contributed by atoms with Gasteiger partial charge in [-0.05, 0) is 7.05 Å². The molecule has 2 heterocycles. The summed E-state index contributed by atoms with van der Waals surface area (Å²) in [7, 11) is 3.36. The molecular formula is C14H23N5O5. The number of likely N-dealkylation sites (N-methyl/N-ethyl adjacent to an activating group) is 1. The van der Waals surface area contributed by atoms with E-state index in [1.807, 2.05) is 11.9 Å². The first-order chi connectivity index (χ1) is 11.5. The monoisotopic (exact) mass is 341 g/mol. The summed E-state index contributed by atoms with van der Waals surface area (Å²) >= 11 is 0. The van der Waals surface area contributed by atoms with Gasteiger partial charge in [0, 0.05) is 39.7 Å². The Bertz CT molecular complexity index is 564. The van der Waals surface area contributed by atoms with Crippen LogP contribution in [-0.4, -0.2) is 89.8 Å². The third kappa shape index (κ3) is 4.73. The van der Waals surface area contributed by atoms with E-state index in [0.29, 0.717) is 38.4 Å². The second kappa shape index (κ2) is 8.71. The molecule has 0 aliphatic carbocycles. The zero-order chi connectivity index (χ0) is 17.5. The number of piperazine rings is 1. The maximum absolute atomic E-state index is 12.4. The van der Waals surface area contributed by atoms with Crippen LogP contribution in [0.25, 0.3) is 0 Å². The van der Waals surface area contributed by atoms with E-state index >= 15 is 0 Å². The minimum Gasteiger partial charge on any atom is -0.387 e. The van der Waals surface area contributed by atoms with E-state index in [0.717, 1.165) is 0 Å². The molecule has 1 aromatic rings. The van der Waals surface area contributed by atoms with Gasteiger partial charge in [0.05, 0.1) is 0 Å². The van der Waals surface area contributed by atoms with Gasteiger partial charge >= 0.3 is 0 Å². The molecule has 1 aliphatic rings. The topological polar surface area (TPSA) is 121 Å². The molecule has 0 aromatic carbocycles. The lowest BCUT2D eigenvalue weighted by atomic mass is 10.1. The molecule has 2 rings (SSSR count). The van der Waals surface area contributed by atoms with Gasteiger partial charge in [-0.25, -0.2) is 0 Å². The minimum atomic E-state index is -0.551. The highest BCUT2D eigenvalue weighted by molar-refractivity contribution is 5.88. The third-order valence-corrected chi connectivity index (χ3v) is 3.77. The van der Waals surface area contributed by atoms with Gasteiger partial charge in [0.15, 0.2) is 5.82 Å². The summed E-state index contributed by atoms with van der Waals surface area (Å²) in [4.78, 5) is 32.0. The number of nitrogens with one attached hydrogen (secondary N) is 1. The van der Waals surface area contributed by atoms with Crippen LogP contribution in [0.5, 0.6) is 0 Å². The fourth-order valence-electron chi connectivity index (χ4n) is 2.52. The number of aliphatic hydroxyl groups is 1. The number of hydrogen-bond donors (Lipinski definition) is 2. The molecule has 0 spiro atoms. The zero-order valence-corrected chi connectivity index (χ0v) is 13.9. The summed E-state index contributed by atoms with van der Waals surface area (Å²) in [6.45, 7) is 1.63. The van der Waals surface area contributed by atoms with Crippen molar-refractivity contribution in [3.05, 3.63) is 11.7 Å². The van der Waals surface area contributed by atoms with Crippen molar-refractivity contribution in [1.29, 1.82) is 0 Å². The smallest absolute Gasteiger partial charge is 0.252 e. The van der Waals surface area contributed by atoms with Gasteiger partial charge in [0.25, 0.3) is 5.89 Å². The average Bonchev–Trinajstić information content (AvgIpc) is 3.02. The molecule has 2 N–H and O–H groups in total. The van der Waals surface area contributed by atoms with Crippen molar-refractivity contribution in [3.63, 3.8) is 0 Å². The molecule has 1 aromatic heterocycles. The molecule has 2 amide bonds. The molecule has 0 radical (unpaired) electrons. The summed E-state index contributed by atoms with van der Waals surface area (Å²) in [6.07, 6.45) is 0.379. The summed E-state index contributed by atoms with van der Waals surface area (Å²) in [5, 5.41) is 15.3. The Balaban J connectivity index is 1.88. The molecule has 0 bridgehead atoms. The average molecular weight is 341 g/mol. The first-order valence-corrected chi connectivity index (χ1v) is 7.72. The van der Waals surface area contributed by atoms with Crippen LogP contribution in [0.15, 0.2) is 4.52 Å². The minimum absolute atomic E-state index is 0.0414. The number of carbonyl (C=O) groups is 2. The molecule has 10 nitrogen and oxygen atoms in total. The Hall–Kier alpha value is -2.04. The number of rotatable bonds is 7. The summed E-state index contributed by atoms with van der Waals surface area (Å²) in [6, 6.07) is -0.551. The SMILES string of the molecule is COCC(=O)N1CCN(C)C[C@H]1C(=O)NCCc1noc(CO)n1. The number of carbonyl (C=O) groups excluding carboxylic acids is 2. The number of amides is 2. The number of aliphatic hydroxyl groups excluding tert-OH is 1. The lowest BCUT2D eigenvalue weighted by Gasteiger charge is -2.38. The highest BCUT2D eigenvalue weighted by Crippen LogP contribution is 2.09. The number of hydrogen-bond acceptors (Lipinski definition) is 8. The van der Waals surface area contributed by atoms with Crippen molar-refractivity contribution >= 4 is 11.8 Å². The molecule has 1 saturated heterocycles. The number of methoxy groups -OCH3 is 1. The van der Waals surface area contributed by atoms with Crippen molar-refractivity contribution < 1.29 is 24.0 Å². The number of nitrogens with zero attached hydrogens (tertiary/aromatic N) is 4. The summed E-state index contributed by atoms with van der Waals surface area (Å²) in [5.74, 6) is 0.127. The Morgan fingerprint density at radius 2 is 2.25 bits per heavy atom. The van der Waals surface area contributed by atoms with Crippen molar-refractivity contribution in [1.82, 2.24) is 25.3 Å². The van der Waals surface area contributed by atoms with Gasteiger partial charge in [-0.3, -0.25) is 9.59 Å². The van der Waals surface area contributed by atoms with Gasteiger partial charge in [-0.2, -0.15) is 4.98 Å². The molecule has 0 unspecified atom stereocenters. The molecule has 1 atom stereocenters. The molecular weight excluding hydrogens is 318 g/mol. The zero-order valence-electron chi connectivity index (χ0n) is 13.9. The fourth-order valence-corrected chi connectivity index (χ4v) is 2.52. The van der Waals surface area contributed by atoms with Crippen molar-refractivity contribution in [2.75, 3.05) is 46.9 Å². The van der Waals surface area contributed by atoms with E-state index in [-0.39, 0.29) is 30.9 Å². The highest BCUT2D eigenvalue weighted by atomic mass is 16.5. The van der Waals surface area contributed by atoms with E-state index in [1.165, 1.54) is 7.11 Å². The van der Waals surface area contributed by atoms with Crippen LogP contribution in [0.4, 0.5) is 0 Å². The van der Waals surface area contributed by atoms with Crippen LogP contribution in [0.2, 0.25) is 0 Å². The molecule has 1 fully saturated rings.